The summed E-state index contributed by atoms with van der Waals surface area (Å²) in [6.45, 7) is 11.9. The maximum Gasteiger partial charge on any atom is 0.408 e. The van der Waals surface area contributed by atoms with Crippen molar-refractivity contribution in [3.63, 3.8) is 0 Å². The molecule has 0 radical (unpaired) electrons. The summed E-state index contributed by atoms with van der Waals surface area (Å²) in [6, 6.07) is 9.78. The van der Waals surface area contributed by atoms with Gasteiger partial charge in [0.15, 0.2) is 5.82 Å². The Morgan fingerprint density at radius 1 is 1.04 bits per heavy atom. The average Bonchev–Trinajstić information content (AvgIpc) is 3.65. The molecule has 0 bridgehead atoms. The van der Waals surface area contributed by atoms with Crippen molar-refractivity contribution in [3.8, 4) is 0 Å². The minimum absolute atomic E-state index is 0.0225. The Morgan fingerprint density at radius 2 is 1.73 bits per heavy atom. The summed E-state index contributed by atoms with van der Waals surface area (Å²) < 4.78 is 7.02. The van der Waals surface area contributed by atoms with Gasteiger partial charge in [-0.25, -0.2) is 9.78 Å². The molecule has 1 aliphatic rings. The average molecular weight is 637 g/mol. The molecular formula is C33H44N6O5S. The van der Waals surface area contributed by atoms with Crippen LogP contribution in [0.3, 0.4) is 0 Å². The number of benzene rings is 1. The third-order valence-corrected chi connectivity index (χ3v) is 8.35. The third kappa shape index (κ3) is 9.40. The predicted octanol–water partition coefficient (Wildman–Crippen LogP) is 4.76. The summed E-state index contributed by atoms with van der Waals surface area (Å²) in [4.78, 5) is 59.4. The molecule has 3 aromatic rings. The van der Waals surface area contributed by atoms with E-state index in [9.17, 15) is 19.2 Å². The second-order valence-corrected chi connectivity index (χ2v) is 13.9. The molecular weight excluding hydrogens is 592 g/mol. The summed E-state index contributed by atoms with van der Waals surface area (Å²) in [6.07, 6.45) is 4.58. The quantitative estimate of drug-likeness (QED) is 0.294. The van der Waals surface area contributed by atoms with Gasteiger partial charge in [0.05, 0.1) is 6.33 Å². The first-order valence-electron chi connectivity index (χ1n) is 15.2. The van der Waals surface area contributed by atoms with Crippen LogP contribution in [0.4, 0.5) is 10.6 Å². The van der Waals surface area contributed by atoms with E-state index in [1.54, 1.807) is 31.5 Å². The summed E-state index contributed by atoms with van der Waals surface area (Å²) in [5.74, 6) is -0.233. The van der Waals surface area contributed by atoms with Crippen LogP contribution in [-0.4, -0.2) is 68.5 Å². The number of carbonyl (C=O) groups excluding carboxylic acids is 4. The number of hydrogen-bond acceptors (Lipinski definition) is 7. The maximum absolute atomic E-state index is 13.8. The Hall–Kier alpha value is -4.19. The number of thiophene rings is 1. The van der Waals surface area contributed by atoms with Gasteiger partial charge < -0.3 is 30.2 Å². The number of hydrogen-bond donors (Lipinski definition) is 3. The lowest BCUT2D eigenvalue weighted by molar-refractivity contribution is -0.135. The van der Waals surface area contributed by atoms with E-state index in [0.717, 1.165) is 24.0 Å². The van der Waals surface area contributed by atoms with Gasteiger partial charge in [0.25, 0.3) is 0 Å². The van der Waals surface area contributed by atoms with Crippen LogP contribution >= 0.6 is 11.3 Å². The first-order chi connectivity index (χ1) is 21.2. The number of likely N-dealkylation sites (tertiary alicyclic amines) is 1. The molecule has 12 heteroatoms. The van der Waals surface area contributed by atoms with E-state index in [1.165, 1.54) is 31.5 Å². The Bertz CT molecular complexity index is 1460. The number of piperidine rings is 1. The fourth-order valence-corrected chi connectivity index (χ4v) is 5.72. The van der Waals surface area contributed by atoms with Crippen LogP contribution in [0.25, 0.3) is 0 Å². The highest BCUT2D eigenvalue weighted by Gasteiger charge is 2.35. The Morgan fingerprint density at radius 3 is 2.36 bits per heavy atom. The Balaban J connectivity index is 1.51. The lowest BCUT2D eigenvalue weighted by Crippen LogP contribution is -2.59. The number of carbonyl (C=O) groups is 4. The fraction of sp³-hybridized carbons (Fsp3) is 0.485. The second kappa shape index (κ2) is 14.3. The van der Waals surface area contributed by atoms with Gasteiger partial charge in [0.1, 0.15) is 23.2 Å². The maximum atomic E-state index is 13.8. The molecule has 1 fully saturated rings. The summed E-state index contributed by atoms with van der Waals surface area (Å²) in [7, 11) is 0. The number of ether oxygens (including phenoxy) is 1. The number of alkyl carbamates (subject to hydrolysis) is 1. The van der Waals surface area contributed by atoms with Crippen molar-refractivity contribution in [2.24, 2.45) is 5.92 Å². The highest BCUT2D eigenvalue weighted by Crippen LogP contribution is 2.26. The highest BCUT2D eigenvalue weighted by molar-refractivity contribution is 7.07. The minimum atomic E-state index is -1.37. The highest BCUT2D eigenvalue weighted by atomic mass is 32.1. The van der Waals surface area contributed by atoms with Gasteiger partial charge in [-0.15, -0.1) is 0 Å². The van der Waals surface area contributed by atoms with Gasteiger partial charge in [-0.1, -0.05) is 37.3 Å². The molecule has 3 N–H and O–H groups in total. The molecule has 3 heterocycles. The zero-order valence-corrected chi connectivity index (χ0v) is 27.6. The molecule has 4 amide bonds. The van der Waals surface area contributed by atoms with Gasteiger partial charge >= 0.3 is 6.09 Å². The summed E-state index contributed by atoms with van der Waals surface area (Å²) in [5, 5.41) is 12.0. The number of amides is 4. The van der Waals surface area contributed by atoms with E-state index in [2.05, 4.69) is 27.9 Å². The predicted molar refractivity (Wildman–Crippen MR) is 174 cm³/mol. The second-order valence-electron chi connectivity index (χ2n) is 13.1. The normalized spacial score (nSPS) is 15.6. The van der Waals surface area contributed by atoms with Crippen LogP contribution in [0.15, 0.2) is 59.7 Å². The standard InChI is InChI=1S/C33H44N6O5S/c1-22-12-15-38(16-13-22)29(41)27(24-10-8-7-9-11-24)39-19-26(34-21-39)36-28(40)25(18-23-14-17-45-20-23)35-30(42)33(5,6)37-31(43)44-32(2,3)4/h7-11,14,17,19-22,25,27H,12-13,15-16,18H2,1-6H3,(H,35,42)(H,36,40)(H,37,43)/t25-,27?/m1/s1. The van der Waals surface area contributed by atoms with Crippen molar-refractivity contribution < 1.29 is 23.9 Å². The van der Waals surface area contributed by atoms with Crippen molar-refractivity contribution in [1.29, 1.82) is 0 Å². The summed E-state index contributed by atoms with van der Waals surface area (Å²) in [5.41, 5.74) is -0.419. The van der Waals surface area contributed by atoms with Crippen molar-refractivity contribution in [1.82, 2.24) is 25.1 Å². The molecule has 2 atom stereocenters. The number of nitrogens with one attached hydrogen (secondary N) is 3. The zero-order valence-electron chi connectivity index (χ0n) is 26.8. The Kier molecular flexibility index (Phi) is 10.7. The van der Waals surface area contributed by atoms with Crippen molar-refractivity contribution >= 4 is 41.0 Å². The number of imidazole rings is 1. The van der Waals surface area contributed by atoms with Crippen LogP contribution in [0.2, 0.25) is 0 Å². The number of nitrogens with zero attached hydrogens (tertiary/aromatic N) is 3. The number of rotatable bonds is 10. The van der Waals surface area contributed by atoms with Gasteiger partial charge in [-0.05, 0) is 81.3 Å². The van der Waals surface area contributed by atoms with E-state index >= 15 is 0 Å². The molecule has 1 aromatic carbocycles. The van der Waals surface area contributed by atoms with Crippen LogP contribution in [0.5, 0.6) is 0 Å². The van der Waals surface area contributed by atoms with Crippen LogP contribution in [-0.2, 0) is 25.5 Å². The first kappa shape index (κ1) is 33.7. The SMILES string of the molecule is CC1CCN(C(=O)C(c2ccccc2)n2cnc(NC(=O)[C@@H](Cc3ccsc3)NC(=O)C(C)(C)NC(=O)OC(C)(C)C)c2)CC1. The van der Waals surface area contributed by atoms with Gasteiger partial charge in [-0.3, -0.25) is 14.4 Å². The zero-order chi connectivity index (χ0) is 32.8. The number of anilines is 1. The van der Waals surface area contributed by atoms with Crippen LogP contribution in [0.1, 0.15) is 71.6 Å². The molecule has 242 valence electrons. The summed E-state index contributed by atoms with van der Waals surface area (Å²) >= 11 is 1.48. The molecule has 2 aromatic heterocycles. The molecule has 1 aliphatic heterocycles. The molecule has 0 spiro atoms. The molecule has 4 rings (SSSR count). The van der Waals surface area contributed by atoms with Crippen LogP contribution in [0, 0.1) is 5.92 Å². The Labute approximate surface area is 268 Å². The topological polar surface area (TPSA) is 135 Å². The van der Waals surface area contributed by atoms with E-state index in [0.29, 0.717) is 19.0 Å². The van der Waals surface area contributed by atoms with Gasteiger partial charge in [-0.2, -0.15) is 11.3 Å². The molecule has 11 nitrogen and oxygen atoms in total. The monoisotopic (exact) mass is 636 g/mol. The molecule has 0 aliphatic carbocycles. The minimum Gasteiger partial charge on any atom is -0.444 e. The van der Waals surface area contributed by atoms with Gasteiger partial charge in [0, 0.05) is 25.7 Å². The van der Waals surface area contributed by atoms with E-state index in [1.807, 2.05) is 52.1 Å². The van der Waals surface area contributed by atoms with E-state index in [4.69, 9.17) is 4.74 Å². The fourth-order valence-electron chi connectivity index (χ4n) is 5.04. The molecule has 1 unspecified atom stereocenters. The van der Waals surface area contributed by atoms with Crippen molar-refractivity contribution in [3.05, 3.63) is 70.8 Å². The van der Waals surface area contributed by atoms with Crippen molar-refractivity contribution in [2.45, 2.75) is 84.0 Å². The van der Waals surface area contributed by atoms with Crippen molar-refractivity contribution in [2.75, 3.05) is 18.4 Å². The lowest BCUT2D eigenvalue weighted by atomic mass is 9.97. The smallest absolute Gasteiger partial charge is 0.408 e. The number of aromatic nitrogens is 2. The molecule has 0 saturated carbocycles. The van der Waals surface area contributed by atoms with E-state index in [-0.39, 0.29) is 18.1 Å². The molecule has 45 heavy (non-hydrogen) atoms. The lowest BCUT2D eigenvalue weighted by Gasteiger charge is -2.33. The third-order valence-electron chi connectivity index (χ3n) is 7.62. The van der Waals surface area contributed by atoms with Crippen LogP contribution < -0.4 is 16.0 Å². The van der Waals surface area contributed by atoms with E-state index < -0.39 is 41.1 Å². The first-order valence-corrected chi connectivity index (χ1v) is 16.2. The van der Waals surface area contributed by atoms with Gasteiger partial charge in [0.2, 0.25) is 17.7 Å². The molecule has 1 saturated heterocycles. The largest absolute Gasteiger partial charge is 0.444 e.